The van der Waals surface area contributed by atoms with Crippen LogP contribution in [0.1, 0.15) is 90.4 Å². The van der Waals surface area contributed by atoms with Gasteiger partial charge in [-0.05, 0) is 50.7 Å². The van der Waals surface area contributed by atoms with Crippen molar-refractivity contribution in [3.05, 3.63) is 71.8 Å². The van der Waals surface area contributed by atoms with Gasteiger partial charge >= 0.3 is 0 Å². The van der Waals surface area contributed by atoms with E-state index in [9.17, 15) is 19.8 Å². The molecule has 2 atom stereocenters. The van der Waals surface area contributed by atoms with Crippen LogP contribution < -0.4 is 10.6 Å². The van der Waals surface area contributed by atoms with Crippen molar-refractivity contribution in [3.8, 4) is 0 Å². The van der Waals surface area contributed by atoms with Crippen molar-refractivity contribution in [2.45, 2.75) is 90.5 Å². The van der Waals surface area contributed by atoms with E-state index in [0.717, 1.165) is 11.1 Å². The predicted molar refractivity (Wildman–Crippen MR) is 139 cm³/mol. The number of carbonyl (C=O) groups is 2. The predicted octanol–water partition coefficient (Wildman–Crippen LogP) is 4.83. The van der Waals surface area contributed by atoms with E-state index in [1.54, 1.807) is 13.8 Å². The summed E-state index contributed by atoms with van der Waals surface area (Å²) in [4.78, 5) is 27.1. The van der Waals surface area contributed by atoms with Crippen molar-refractivity contribution in [3.63, 3.8) is 0 Å². The Morgan fingerprint density at radius 3 is 1.20 bits per heavy atom. The Morgan fingerprint density at radius 1 is 0.657 bits per heavy atom. The van der Waals surface area contributed by atoms with Gasteiger partial charge in [0.05, 0.1) is 23.3 Å². The van der Waals surface area contributed by atoms with Crippen molar-refractivity contribution in [2.24, 2.45) is 5.41 Å². The largest absolute Gasteiger partial charge is 0.387 e. The van der Waals surface area contributed by atoms with E-state index in [-0.39, 0.29) is 0 Å². The topological polar surface area (TPSA) is 98.7 Å². The molecule has 0 aliphatic heterocycles. The number of amides is 2. The van der Waals surface area contributed by atoms with E-state index in [0.29, 0.717) is 25.7 Å². The van der Waals surface area contributed by atoms with Gasteiger partial charge < -0.3 is 20.8 Å². The molecular formula is C29H42N2O4. The molecule has 0 heterocycles. The number of carbonyl (C=O) groups excluding carboxylic acids is 2. The molecule has 2 amide bonds. The van der Waals surface area contributed by atoms with Crippen molar-refractivity contribution >= 4 is 11.8 Å². The highest BCUT2D eigenvalue weighted by Gasteiger charge is 2.44. The minimum absolute atomic E-state index is 0.437. The van der Waals surface area contributed by atoms with Crippen LogP contribution in [-0.2, 0) is 9.59 Å². The van der Waals surface area contributed by atoms with Crippen molar-refractivity contribution in [1.82, 2.24) is 10.6 Å². The molecule has 6 heteroatoms. The van der Waals surface area contributed by atoms with Crippen LogP contribution in [0.25, 0.3) is 0 Å². The third-order valence-electron chi connectivity index (χ3n) is 7.48. The number of aliphatic hydroxyl groups is 2. The molecule has 0 aliphatic rings. The molecule has 0 fully saturated rings. The summed E-state index contributed by atoms with van der Waals surface area (Å²) in [5.74, 6) is -0.986. The first-order valence-electron chi connectivity index (χ1n) is 12.7. The van der Waals surface area contributed by atoms with E-state index in [2.05, 4.69) is 10.6 Å². The van der Waals surface area contributed by atoms with Gasteiger partial charge in [-0.3, -0.25) is 9.59 Å². The Balaban J connectivity index is 2.36. The molecule has 0 aromatic heterocycles. The molecule has 0 radical (unpaired) electrons. The Kier molecular flexibility index (Phi) is 9.64. The minimum Gasteiger partial charge on any atom is -0.387 e. The molecule has 0 saturated heterocycles. The standard InChI is InChI=1S/C29H42N2O4/c1-7-28(34,8-2)23(21-17-13-11-14-18-21)30-25(32)27(5,6)26(33)31-24(29(35,9-3)10-4)22-19-15-12-16-20-22/h11-20,23-24,34-35H,7-10H2,1-6H3,(H,30,32)(H,31,33). The fourth-order valence-corrected chi connectivity index (χ4v) is 4.39. The molecule has 2 rings (SSSR count). The zero-order valence-corrected chi connectivity index (χ0v) is 22.0. The molecule has 2 aromatic rings. The third-order valence-corrected chi connectivity index (χ3v) is 7.48. The zero-order valence-electron chi connectivity index (χ0n) is 22.0. The summed E-state index contributed by atoms with van der Waals surface area (Å²) in [5.41, 5.74) is -2.24. The summed E-state index contributed by atoms with van der Waals surface area (Å²) in [6.07, 6.45) is 1.75. The summed E-state index contributed by atoms with van der Waals surface area (Å²) in [5, 5.41) is 28.6. The number of benzene rings is 2. The first-order valence-corrected chi connectivity index (χ1v) is 12.7. The highest BCUT2D eigenvalue weighted by atomic mass is 16.3. The fourth-order valence-electron chi connectivity index (χ4n) is 4.39. The molecule has 0 spiro atoms. The van der Waals surface area contributed by atoms with Crippen LogP contribution in [0, 0.1) is 5.41 Å². The number of rotatable bonds is 12. The van der Waals surface area contributed by atoms with Crippen molar-refractivity contribution in [1.29, 1.82) is 0 Å². The van der Waals surface area contributed by atoms with Gasteiger partial charge in [0.2, 0.25) is 11.8 Å². The van der Waals surface area contributed by atoms with Crippen LogP contribution in [-0.4, -0.2) is 33.2 Å². The van der Waals surface area contributed by atoms with E-state index in [1.807, 2.05) is 88.4 Å². The van der Waals surface area contributed by atoms with E-state index in [1.165, 1.54) is 0 Å². The second-order valence-electron chi connectivity index (χ2n) is 9.88. The average molecular weight is 483 g/mol. The van der Waals surface area contributed by atoms with Crippen LogP contribution in [0.3, 0.4) is 0 Å². The monoisotopic (exact) mass is 482 g/mol. The van der Waals surface area contributed by atoms with Gasteiger partial charge in [0.1, 0.15) is 5.41 Å². The first kappa shape index (κ1) is 28.5. The number of hydrogen-bond donors (Lipinski definition) is 4. The summed E-state index contributed by atoms with van der Waals surface area (Å²) >= 11 is 0. The molecule has 0 bridgehead atoms. The second-order valence-corrected chi connectivity index (χ2v) is 9.88. The second kappa shape index (κ2) is 11.8. The van der Waals surface area contributed by atoms with E-state index >= 15 is 0 Å². The lowest BCUT2D eigenvalue weighted by atomic mass is 9.81. The zero-order chi connectivity index (χ0) is 26.3. The van der Waals surface area contributed by atoms with Gasteiger partial charge in [0.15, 0.2) is 0 Å². The maximum atomic E-state index is 13.5. The quantitative estimate of drug-likeness (QED) is 0.326. The highest BCUT2D eigenvalue weighted by Crippen LogP contribution is 2.35. The Morgan fingerprint density at radius 2 is 0.943 bits per heavy atom. The Labute approximate surface area is 210 Å². The lowest BCUT2D eigenvalue weighted by Gasteiger charge is -2.39. The normalized spacial score (nSPS) is 14.2. The summed E-state index contributed by atoms with van der Waals surface area (Å²) < 4.78 is 0. The molecule has 192 valence electrons. The van der Waals surface area contributed by atoms with Crippen LogP contribution in [0.5, 0.6) is 0 Å². The lowest BCUT2D eigenvalue weighted by molar-refractivity contribution is -0.145. The van der Waals surface area contributed by atoms with Gasteiger partial charge in [0.25, 0.3) is 0 Å². The molecule has 6 nitrogen and oxygen atoms in total. The van der Waals surface area contributed by atoms with Crippen LogP contribution in [0.2, 0.25) is 0 Å². The van der Waals surface area contributed by atoms with Crippen molar-refractivity contribution < 1.29 is 19.8 Å². The SMILES string of the molecule is CCC(O)(CC)C(NC(=O)C(C)(C)C(=O)NC(c1ccccc1)C(O)(CC)CC)c1ccccc1. The molecule has 35 heavy (non-hydrogen) atoms. The van der Waals surface area contributed by atoms with Crippen LogP contribution in [0.4, 0.5) is 0 Å². The van der Waals surface area contributed by atoms with Crippen LogP contribution in [0.15, 0.2) is 60.7 Å². The molecule has 0 saturated carbocycles. The van der Waals surface area contributed by atoms with Crippen LogP contribution >= 0.6 is 0 Å². The smallest absolute Gasteiger partial charge is 0.235 e. The molecule has 0 aliphatic carbocycles. The minimum atomic E-state index is -1.45. The van der Waals surface area contributed by atoms with Gasteiger partial charge in [-0.15, -0.1) is 0 Å². The maximum absolute atomic E-state index is 13.5. The fraction of sp³-hybridized carbons (Fsp3) is 0.517. The van der Waals surface area contributed by atoms with Gasteiger partial charge in [-0.1, -0.05) is 88.4 Å². The molecular weight excluding hydrogens is 440 g/mol. The highest BCUT2D eigenvalue weighted by molar-refractivity contribution is 6.04. The van der Waals surface area contributed by atoms with E-state index in [4.69, 9.17) is 0 Å². The third kappa shape index (κ3) is 6.30. The number of hydrogen-bond acceptors (Lipinski definition) is 4. The summed E-state index contributed by atoms with van der Waals surface area (Å²) in [7, 11) is 0. The molecule has 4 N–H and O–H groups in total. The van der Waals surface area contributed by atoms with Gasteiger partial charge in [-0.2, -0.15) is 0 Å². The summed E-state index contributed by atoms with van der Waals surface area (Å²) in [6, 6.07) is 17.3. The lowest BCUT2D eigenvalue weighted by Crippen LogP contribution is -2.55. The van der Waals surface area contributed by atoms with Crippen molar-refractivity contribution in [2.75, 3.05) is 0 Å². The van der Waals surface area contributed by atoms with E-state index < -0.39 is 40.5 Å². The van der Waals surface area contributed by atoms with Gasteiger partial charge in [-0.25, -0.2) is 0 Å². The molecule has 2 unspecified atom stereocenters. The average Bonchev–Trinajstić information content (AvgIpc) is 2.89. The van der Waals surface area contributed by atoms with Gasteiger partial charge in [0, 0.05) is 0 Å². The Bertz CT molecular complexity index is 874. The summed E-state index contributed by atoms with van der Waals surface area (Å²) in [6.45, 7) is 10.6. The maximum Gasteiger partial charge on any atom is 0.235 e. The first-order chi connectivity index (χ1) is 16.5. The Hall–Kier alpha value is -2.70. The number of nitrogens with one attached hydrogen (secondary N) is 2. The molecule has 2 aromatic carbocycles.